The molecule has 2 nitrogen and oxygen atoms in total. The highest BCUT2D eigenvalue weighted by Gasteiger charge is 2.15. The molecule has 0 aliphatic heterocycles. The van der Waals surface area contributed by atoms with Gasteiger partial charge in [0, 0.05) is 5.69 Å². The molecule has 1 N–H and O–H groups in total. The number of halogens is 1. The van der Waals surface area contributed by atoms with Crippen LogP contribution in [-0.4, -0.2) is 11.3 Å². The van der Waals surface area contributed by atoms with Crippen molar-refractivity contribution in [3.05, 3.63) is 29.3 Å². The van der Waals surface area contributed by atoms with Crippen LogP contribution in [0, 0.1) is 0 Å². The lowest BCUT2D eigenvalue weighted by molar-refractivity contribution is -0.115. The molecule has 1 amide bonds. The van der Waals surface area contributed by atoms with E-state index in [1.165, 1.54) is 0 Å². The SMILES string of the molecule is CCc1cccc(CC)c1NC(=O)C(Cl)CC. The smallest absolute Gasteiger partial charge is 0.242 e. The van der Waals surface area contributed by atoms with Gasteiger partial charge in [0.05, 0.1) is 0 Å². The van der Waals surface area contributed by atoms with Crippen molar-refractivity contribution in [2.75, 3.05) is 5.32 Å². The van der Waals surface area contributed by atoms with E-state index in [2.05, 4.69) is 19.2 Å². The molecule has 0 fully saturated rings. The van der Waals surface area contributed by atoms with E-state index in [9.17, 15) is 4.79 Å². The lowest BCUT2D eigenvalue weighted by atomic mass is 10.0. The van der Waals surface area contributed by atoms with Crippen molar-refractivity contribution in [3.63, 3.8) is 0 Å². The summed E-state index contributed by atoms with van der Waals surface area (Å²) >= 11 is 5.94. The zero-order valence-electron chi connectivity index (χ0n) is 10.7. The maximum atomic E-state index is 11.8. The Morgan fingerprint density at radius 2 is 1.76 bits per heavy atom. The molecule has 0 aliphatic rings. The van der Waals surface area contributed by atoms with Gasteiger partial charge in [0.2, 0.25) is 5.91 Å². The van der Waals surface area contributed by atoms with Crippen LogP contribution < -0.4 is 5.32 Å². The van der Waals surface area contributed by atoms with E-state index in [0.717, 1.165) is 29.7 Å². The van der Waals surface area contributed by atoms with Gasteiger partial charge in [-0.1, -0.05) is 39.0 Å². The van der Waals surface area contributed by atoms with Gasteiger partial charge >= 0.3 is 0 Å². The number of alkyl halides is 1. The molecule has 1 unspecified atom stereocenters. The lowest BCUT2D eigenvalue weighted by Gasteiger charge is -2.15. The average Bonchev–Trinajstić information content (AvgIpc) is 2.37. The summed E-state index contributed by atoms with van der Waals surface area (Å²) in [5, 5.41) is 2.51. The predicted octanol–water partition coefficient (Wildman–Crippen LogP) is 3.77. The van der Waals surface area contributed by atoms with Crippen molar-refractivity contribution >= 4 is 23.2 Å². The van der Waals surface area contributed by atoms with Gasteiger partial charge in [-0.15, -0.1) is 11.6 Å². The topological polar surface area (TPSA) is 29.1 Å². The summed E-state index contributed by atoms with van der Waals surface area (Å²) in [7, 11) is 0. The van der Waals surface area contributed by atoms with E-state index < -0.39 is 5.38 Å². The molecule has 1 aromatic rings. The summed E-state index contributed by atoms with van der Waals surface area (Å²) < 4.78 is 0. The molecule has 0 aromatic heterocycles. The van der Waals surface area contributed by atoms with Crippen LogP contribution in [0.1, 0.15) is 38.3 Å². The number of carbonyl (C=O) groups is 1. The van der Waals surface area contributed by atoms with Crippen LogP contribution in [0.25, 0.3) is 0 Å². The molecule has 94 valence electrons. The molecule has 0 bridgehead atoms. The van der Waals surface area contributed by atoms with E-state index in [1.807, 2.05) is 25.1 Å². The number of aryl methyl sites for hydroxylation is 2. The fourth-order valence-electron chi connectivity index (χ4n) is 1.79. The minimum absolute atomic E-state index is 0.107. The Bertz CT molecular complexity index is 368. The third kappa shape index (κ3) is 3.47. The van der Waals surface area contributed by atoms with Crippen molar-refractivity contribution in [1.82, 2.24) is 0 Å². The van der Waals surface area contributed by atoms with E-state index in [0.29, 0.717) is 6.42 Å². The number of carbonyl (C=O) groups excluding carboxylic acids is 1. The third-order valence-electron chi connectivity index (χ3n) is 2.89. The number of anilines is 1. The van der Waals surface area contributed by atoms with Gasteiger partial charge in [-0.2, -0.15) is 0 Å². The molecule has 0 spiro atoms. The first-order valence-corrected chi connectivity index (χ1v) is 6.63. The summed E-state index contributed by atoms with van der Waals surface area (Å²) in [6, 6.07) is 6.12. The van der Waals surface area contributed by atoms with E-state index >= 15 is 0 Å². The minimum Gasteiger partial charge on any atom is -0.324 e. The Morgan fingerprint density at radius 3 is 2.18 bits per heavy atom. The first-order chi connectivity index (χ1) is 8.13. The molecule has 0 heterocycles. The zero-order valence-corrected chi connectivity index (χ0v) is 11.5. The Hall–Kier alpha value is -1.02. The lowest BCUT2D eigenvalue weighted by Crippen LogP contribution is -2.23. The second-order valence-electron chi connectivity index (χ2n) is 4.02. The van der Waals surface area contributed by atoms with Gasteiger partial charge in [0.15, 0.2) is 0 Å². The largest absolute Gasteiger partial charge is 0.324 e. The molecule has 0 radical (unpaired) electrons. The van der Waals surface area contributed by atoms with Crippen molar-refractivity contribution in [2.24, 2.45) is 0 Å². The summed E-state index contributed by atoms with van der Waals surface area (Å²) in [6.07, 6.45) is 2.45. The first kappa shape index (κ1) is 14.0. The van der Waals surface area contributed by atoms with Crippen molar-refractivity contribution < 1.29 is 4.79 Å². The summed E-state index contributed by atoms with van der Waals surface area (Å²) in [5.41, 5.74) is 3.27. The Morgan fingerprint density at radius 1 is 1.24 bits per heavy atom. The molecule has 1 atom stereocenters. The number of benzene rings is 1. The van der Waals surface area contributed by atoms with Crippen LogP contribution >= 0.6 is 11.6 Å². The van der Waals surface area contributed by atoms with Crippen LogP contribution in [0.3, 0.4) is 0 Å². The fraction of sp³-hybridized carbons (Fsp3) is 0.500. The molecule has 1 aromatic carbocycles. The standard InChI is InChI=1S/C14H20ClNO/c1-4-10-8-7-9-11(5-2)13(10)16-14(17)12(15)6-3/h7-9,12H,4-6H2,1-3H3,(H,16,17). The predicted molar refractivity (Wildman–Crippen MR) is 73.8 cm³/mol. The number of nitrogens with one attached hydrogen (secondary N) is 1. The number of para-hydroxylation sites is 1. The number of hydrogen-bond donors (Lipinski definition) is 1. The summed E-state index contributed by atoms with van der Waals surface area (Å²) in [4.78, 5) is 11.8. The molecular formula is C14H20ClNO. The normalized spacial score (nSPS) is 12.2. The zero-order chi connectivity index (χ0) is 12.8. The van der Waals surface area contributed by atoms with Crippen molar-refractivity contribution in [1.29, 1.82) is 0 Å². The maximum absolute atomic E-state index is 11.8. The maximum Gasteiger partial charge on any atom is 0.242 e. The Kier molecular flexibility index (Phi) is 5.49. The van der Waals surface area contributed by atoms with Crippen LogP contribution in [0.15, 0.2) is 18.2 Å². The van der Waals surface area contributed by atoms with E-state index in [-0.39, 0.29) is 5.91 Å². The monoisotopic (exact) mass is 253 g/mol. The van der Waals surface area contributed by atoms with Gasteiger partial charge in [-0.25, -0.2) is 0 Å². The number of rotatable bonds is 5. The molecule has 0 saturated heterocycles. The average molecular weight is 254 g/mol. The van der Waals surface area contributed by atoms with Crippen LogP contribution in [0.5, 0.6) is 0 Å². The van der Waals surface area contributed by atoms with Gasteiger partial charge < -0.3 is 5.32 Å². The van der Waals surface area contributed by atoms with Gasteiger partial charge in [0.25, 0.3) is 0 Å². The Balaban J connectivity index is 2.99. The van der Waals surface area contributed by atoms with E-state index in [4.69, 9.17) is 11.6 Å². The molecule has 0 saturated carbocycles. The second-order valence-corrected chi connectivity index (χ2v) is 4.55. The second kappa shape index (κ2) is 6.65. The van der Waals surface area contributed by atoms with Gasteiger partial charge in [0.1, 0.15) is 5.38 Å². The number of amides is 1. The first-order valence-electron chi connectivity index (χ1n) is 6.19. The molecule has 3 heteroatoms. The van der Waals surface area contributed by atoms with Crippen LogP contribution in [-0.2, 0) is 17.6 Å². The highest BCUT2D eigenvalue weighted by Crippen LogP contribution is 2.23. The summed E-state index contributed by atoms with van der Waals surface area (Å²) in [5.74, 6) is -0.107. The van der Waals surface area contributed by atoms with E-state index in [1.54, 1.807) is 0 Å². The summed E-state index contributed by atoms with van der Waals surface area (Å²) in [6.45, 7) is 6.08. The molecule has 0 aliphatic carbocycles. The fourth-order valence-corrected chi connectivity index (χ4v) is 1.84. The molecular weight excluding hydrogens is 234 g/mol. The Labute approximate surface area is 108 Å². The van der Waals surface area contributed by atoms with Crippen molar-refractivity contribution in [2.45, 2.75) is 45.4 Å². The quantitative estimate of drug-likeness (QED) is 0.796. The van der Waals surface area contributed by atoms with Crippen molar-refractivity contribution in [3.8, 4) is 0 Å². The third-order valence-corrected chi connectivity index (χ3v) is 3.40. The minimum atomic E-state index is -0.454. The number of hydrogen-bond acceptors (Lipinski definition) is 1. The van der Waals surface area contributed by atoms with Gasteiger partial charge in [-0.3, -0.25) is 4.79 Å². The molecule has 1 rings (SSSR count). The van der Waals surface area contributed by atoms with Crippen LogP contribution in [0.2, 0.25) is 0 Å². The highest BCUT2D eigenvalue weighted by atomic mass is 35.5. The van der Waals surface area contributed by atoms with Crippen LogP contribution in [0.4, 0.5) is 5.69 Å². The van der Waals surface area contributed by atoms with Gasteiger partial charge in [-0.05, 0) is 30.4 Å². The molecule has 17 heavy (non-hydrogen) atoms. The highest BCUT2D eigenvalue weighted by molar-refractivity contribution is 6.32.